The van der Waals surface area contributed by atoms with Crippen molar-refractivity contribution in [3.63, 3.8) is 0 Å². The lowest BCUT2D eigenvalue weighted by atomic mass is 10.1. The van der Waals surface area contributed by atoms with Crippen molar-refractivity contribution < 1.29 is 23.9 Å². The van der Waals surface area contributed by atoms with E-state index >= 15 is 0 Å². The predicted molar refractivity (Wildman–Crippen MR) is 147 cm³/mol. The van der Waals surface area contributed by atoms with Gasteiger partial charge in [0.05, 0.1) is 24.3 Å². The molecule has 1 aliphatic rings. The van der Waals surface area contributed by atoms with Crippen molar-refractivity contribution >= 4 is 78.1 Å². The number of hydrogen-bond donors (Lipinski definition) is 1. The molecule has 186 valence electrons. The number of hydrogen-bond acceptors (Lipinski definition) is 7. The first-order chi connectivity index (χ1) is 17.3. The highest BCUT2D eigenvalue weighted by Gasteiger charge is 2.38. The molecule has 1 unspecified atom stereocenters. The highest BCUT2D eigenvalue weighted by atomic mass is 79.9. The van der Waals surface area contributed by atoms with Crippen LogP contribution in [0.3, 0.4) is 0 Å². The standard InChI is InChI=1S/C26H22Br2N2O5S/c1-3-34-25(32)21-19(29)18(13-14-5-9-16(27)10-6-14)20-23(26(33)35-4-2)36-22(24(31)30(20)21)15-7-11-17(28)12-8-15/h5-13,22H,3-4,29H2,1-2H3/b18-13+. The van der Waals surface area contributed by atoms with Gasteiger partial charge in [0.15, 0.2) is 5.69 Å². The monoisotopic (exact) mass is 632 g/mol. The number of ether oxygens (including phenoxy) is 2. The molecule has 1 aromatic heterocycles. The van der Waals surface area contributed by atoms with Crippen LogP contribution < -0.4 is 16.3 Å². The fourth-order valence-corrected chi connectivity index (χ4v) is 5.59. The zero-order valence-corrected chi connectivity index (χ0v) is 23.4. The first-order valence-corrected chi connectivity index (χ1v) is 13.6. The zero-order valence-electron chi connectivity index (χ0n) is 19.4. The van der Waals surface area contributed by atoms with Crippen molar-refractivity contribution in [2.75, 3.05) is 18.9 Å². The van der Waals surface area contributed by atoms with Crippen molar-refractivity contribution in [1.82, 2.24) is 4.57 Å². The summed E-state index contributed by atoms with van der Waals surface area (Å²) in [5, 5.41) is -0.204. The Morgan fingerprint density at radius 3 is 2.11 bits per heavy atom. The Labute approximate surface area is 228 Å². The number of nitrogens with zero attached hydrogens (tertiary/aromatic N) is 1. The zero-order chi connectivity index (χ0) is 26.0. The van der Waals surface area contributed by atoms with E-state index in [2.05, 4.69) is 31.9 Å². The maximum atomic E-state index is 13.9. The number of benzene rings is 2. The van der Waals surface area contributed by atoms with Crippen LogP contribution >= 0.6 is 43.6 Å². The first-order valence-electron chi connectivity index (χ1n) is 11.1. The number of anilines is 1. The van der Waals surface area contributed by atoms with Gasteiger partial charge < -0.3 is 15.2 Å². The van der Waals surface area contributed by atoms with Crippen LogP contribution in [0.15, 0.2) is 57.5 Å². The van der Waals surface area contributed by atoms with E-state index < -0.39 is 23.1 Å². The smallest absolute Gasteiger partial charge is 0.357 e. The lowest BCUT2D eigenvalue weighted by Crippen LogP contribution is -2.42. The number of nitrogen functional groups attached to an aromatic ring is 1. The Hall–Kier alpha value is -2.82. The van der Waals surface area contributed by atoms with Gasteiger partial charge in [-0.3, -0.25) is 9.36 Å². The van der Waals surface area contributed by atoms with E-state index in [1.165, 1.54) is 4.57 Å². The summed E-state index contributed by atoms with van der Waals surface area (Å²) >= 11 is 7.90. The molecule has 3 aromatic rings. The van der Waals surface area contributed by atoms with Gasteiger partial charge in [0, 0.05) is 14.2 Å². The molecular weight excluding hydrogens is 612 g/mol. The Morgan fingerprint density at radius 2 is 1.53 bits per heavy atom. The second-order valence-corrected chi connectivity index (χ2v) is 10.7. The van der Waals surface area contributed by atoms with Gasteiger partial charge in [-0.25, -0.2) is 9.59 Å². The van der Waals surface area contributed by atoms with Gasteiger partial charge in [-0.05, 0) is 55.3 Å². The van der Waals surface area contributed by atoms with Gasteiger partial charge in [0.2, 0.25) is 5.91 Å². The molecule has 0 fully saturated rings. The Kier molecular flexibility index (Phi) is 8.07. The minimum Gasteiger partial charge on any atom is -0.462 e. The normalized spacial score (nSPS) is 15.6. The average molecular weight is 634 g/mol. The molecule has 1 atom stereocenters. The van der Waals surface area contributed by atoms with Crippen LogP contribution in [0, 0.1) is 0 Å². The molecule has 2 aromatic carbocycles. The minimum absolute atomic E-state index is 0.0542. The Balaban J connectivity index is 2.08. The SMILES string of the molecule is CCOC(=O)C1=c2/c(=C/c3ccc(Br)cc3)c(N)c(C(=O)OCC)n2C(=O)C(c2ccc(Br)cc2)S1. The summed E-state index contributed by atoms with van der Waals surface area (Å²) < 4.78 is 13.6. The summed E-state index contributed by atoms with van der Waals surface area (Å²) in [7, 11) is 0. The van der Waals surface area contributed by atoms with Gasteiger partial charge >= 0.3 is 11.9 Å². The van der Waals surface area contributed by atoms with Crippen LogP contribution in [-0.4, -0.2) is 35.6 Å². The van der Waals surface area contributed by atoms with Crippen LogP contribution in [0.1, 0.15) is 45.5 Å². The number of esters is 2. The molecule has 0 saturated heterocycles. The number of halogens is 2. The number of carbonyl (C=O) groups excluding carboxylic acids is 3. The molecule has 1 aliphatic heterocycles. The molecular formula is C26H22Br2N2O5S. The summed E-state index contributed by atoms with van der Waals surface area (Å²) in [6, 6.07) is 14.6. The van der Waals surface area contributed by atoms with E-state index in [0.29, 0.717) is 10.8 Å². The Morgan fingerprint density at radius 1 is 0.972 bits per heavy atom. The summed E-state index contributed by atoms with van der Waals surface area (Å²) in [6.45, 7) is 3.61. The van der Waals surface area contributed by atoms with Gasteiger partial charge in [-0.15, -0.1) is 0 Å². The lowest BCUT2D eigenvalue weighted by Gasteiger charge is -2.23. The summed E-state index contributed by atoms with van der Waals surface area (Å²) in [5.41, 5.74) is 7.88. The van der Waals surface area contributed by atoms with E-state index in [9.17, 15) is 14.4 Å². The molecule has 0 spiro atoms. The fraction of sp³-hybridized carbons (Fsp3) is 0.192. The molecule has 7 nitrogen and oxygen atoms in total. The van der Waals surface area contributed by atoms with Crippen molar-refractivity contribution in [2.24, 2.45) is 0 Å². The highest BCUT2D eigenvalue weighted by Crippen LogP contribution is 2.40. The van der Waals surface area contributed by atoms with Gasteiger partial charge in [-0.1, -0.05) is 67.9 Å². The molecule has 0 radical (unpaired) electrons. The highest BCUT2D eigenvalue weighted by molar-refractivity contribution is 9.10. The van der Waals surface area contributed by atoms with E-state index in [4.69, 9.17) is 15.2 Å². The second-order valence-electron chi connectivity index (χ2n) is 7.71. The van der Waals surface area contributed by atoms with E-state index in [-0.39, 0.29) is 34.8 Å². The number of carbonyl (C=O) groups is 3. The van der Waals surface area contributed by atoms with Crippen LogP contribution in [0.2, 0.25) is 0 Å². The molecule has 0 saturated carbocycles. The molecule has 0 aliphatic carbocycles. The molecule has 10 heteroatoms. The van der Waals surface area contributed by atoms with Crippen molar-refractivity contribution in [1.29, 1.82) is 0 Å². The minimum atomic E-state index is -0.800. The molecule has 2 heterocycles. The molecule has 36 heavy (non-hydrogen) atoms. The summed E-state index contributed by atoms with van der Waals surface area (Å²) in [6.07, 6.45) is 1.74. The van der Waals surface area contributed by atoms with Crippen molar-refractivity contribution in [2.45, 2.75) is 19.1 Å². The molecule has 4 rings (SSSR count). The Bertz CT molecular complexity index is 1460. The van der Waals surface area contributed by atoms with Crippen LogP contribution in [0.4, 0.5) is 5.69 Å². The third-order valence-corrected chi connectivity index (χ3v) is 7.79. The number of aromatic nitrogens is 1. The van der Waals surface area contributed by atoms with Crippen LogP contribution in [0.5, 0.6) is 0 Å². The second kappa shape index (κ2) is 11.1. The van der Waals surface area contributed by atoms with Gasteiger partial charge in [-0.2, -0.15) is 0 Å². The first kappa shape index (κ1) is 26.2. The molecule has 2 N–H and O–H groups in total. The average Bonchev–Trinajstić information content (AvgIpc) is 3.14. The number of fused-ring (bicyclic) bond motifs is 1. The number of rotatable bonds is 6. The molecule has 0 bridgehead atoms. The number of nitrogens with two attached hydrogens (primary N) is 1. The largest absolute Gasteiger partial charge is 0.462 e. The number of thioether (sulfide) groups is 1. The van der Waals surface area contributed by atoms with Gasteiger partial charge in [0.1, 0.15) is 10.2 Å². The quantitative estimate of drug-likeness (QED) is 0.402. The lowest BCUT2D eigenvalue weighted by molar-refractivity contribution is -0.135. The summed E-state index contributed by atoms with van der Waals surface area (Å²) in [4.78, 5) is 40.3. The fourth-order valence-electron chi connectivity index (χ4n) is 3.86. The van der Waals surface area contributed by atoms with Crippen molar-refractivity contribution in [3.8, 4) is 0 Å². The summed E-state index contributed by atoms with van der Waals surface area (Å²) in [5.74, 6) is -1.75. The van der Waals surface area contributed by atoms with E-state index in [1.54, 1.807) is 32.1 Å². The van der Waals surface area contributed by atoms with Crippen LogP contribution in [-0.2, 0) is 14.3 Å². The van der Waals surface area contributed by atoms with Crippen molar-refractivity contribution in [3.05, 3.63) is 84.9 Å². The van der Waals surface area contributed by atoms with E-state index in [1.807, 2.05) is 36.4 Å². The molecule has 0 amide bonds. The van der Waals surface area contributed by atoms with Crippen LogP contribution in [0.25, 0.3) is 11.0 Å². The third-order valence-electron chi connectivity index (χ3n) is 5.43. The maximum Gasteiger partial charge on any atom is 0.357 e. The van der Waals surface area contributed by atoms with Gasteiger partial charge in [0.25, 0.3) is 0 Å². The third kappa shape index (κ3) is 5.02. The maximum absolute atomic E-state index is 13.9. The predicted octanol–water partition coefficient (Wildman–Crippen LogP) is 4.40. The topological polar surface area (TPSA) is 101 Å². The van der Waals surface area contributed by atoms with E-state index in [0.717, 1.165) is 26.3 Å².